The molecule has 2 aliphatic rings. The molecule has 0 aromatic heterocycles. The summed E-state index contributed by atoms with van der Waals surface area (Å²) in [6.07, 6.45) is 2.80. The number of piperidine rings is 1. The smallest absolute Gasteiger partial charge is 0.225 e. The van der Waals surface area contributed by atoms with Crippen LogP contribution in [0, 0.1) is 5.92 Å². The number of thiocarbonyl (C=S) groups is 1. The minimum Gasteiger partial charge on any atom is -0.392 e. The van der Waals surface area contributed by atoms with Gasteiger partial charge in [0.15, 0.2) is 0 Å². The summed E-state index contributed by atoms with van der Waals surface area (Å²) in [6.45, 7) is 3.87. The first kappa shape index (κ1) is 13.7. The van der Waals surface area contributed by atoms with Crippen molar-refractivity contribution in [2.24, 2.45) is 11.7 Å². The van der Waals surface area contributed by atoms with Crippen LogP contribution in [-0.2, 0) is 9.53 Å². The van der Waals surface area contributed by atoms with Crippen LogP contribution in [0.3, 0.4) is 0 Å². The molecule has 1 unspecified atom stereocenters. The molecule has 0 aromatic carbocycles. The van der Waals surface area contributed by atoms with Crippen LogP contribution in [-0.4, -0.2) is 54.7 Å². The predicted octanol–water partition coefficient (Wildman–Crippen LogP) is -0.110. The van der Waals surface area contributed by atoms with Gasteiger partial charge < -0.3 is 15.8 Å². The second-order valence-corrected chi connectivity index (χ2v) is 5.61. The van der Waals surface area contributed by atoms with Gasteiger partial charge in [-0.15, -0.1) is 0 Å². The summed E-state index contributed by atoms with van der Waals surface area (Å²) in [6, 6.07) is 0.292. The van der Waals surface area contributed by atoms with Gasteiger partial charge in [0.25, 0.3) is 0 Å². The van der Waals surface area contributed by atoms with Crippen LogP contribution in [0.25, 0.3) is 0 Å². The molecule has 0 aromatic rings. The van der Waals surface area contributed by atoms with Crippen molar-refractivity contribution in [3.8, 4) is 0 Å². The van der Waals surface area contributed by atoms with Gasteiger partial charge in [0.05, 0.1) is 17.5 Å². The fourth-order valence-electron chi connectivity index (χ4n) is 2.52. The highest BCUT2D eigenvalue weighted by Crippen LogP contribution is 2.15. The third-order valence-electron chi connectivity index (χ3n) is 3.61. The summed E-state index contributed by atoms with van der Waals surface area (Å²) in [5.74, 6) is 0.208. The summed E-state index contributed by atoms with van der Waals surface area (Å²) in [5.41, 5.74) is 5.53. The van der Waals surface area contributed by atoms with Crippen molar-refractivity contribution in [2.45, 2.75) is 25.3 Å². The predicted molar refractivity (Wildman–Crippen MR) is 73.3 cm³/mol. The summed E-state index contributed by atoms with van der Waals surface area (Å²) in [5, 5.41) is 3.12. The molecule has 18 heavy (non-hydrogen) atoms. The van der Waals surface area contributed by atoms with Crippen molar-refractivity contribution in [1.82, 2.24) is 10.2 Å². The minimum atomic E-state index is 0.0552. The average molecular weight is 271 g/mol. The molecule has 2 fully saturated rings. The topological polar surface area (TPSA) is 67.6 Å². The van der Waals surface area contributed by atoms with Crippen molar-refractivity contribution in [3.05, 3.63) is 0 Å². The van der Waals surface area contributed by atoms with E-state index in [0.29, 0.717) is 30.8 Å². The molecule has 0 bridgehead atoms. The van der Waals surface area contributed by atoms with Gasteiger partial charge in [-0.05, 0) is 19.3 Å². The Morgan fingerprint density at radius 2 is 2.11 bits per heavy atom. The van der Waals surface area contributed by atoms with E-state index in [0.717, 1.165) is 32.4 Å². The number of carbonyl (C=O) groups is 1. The van der Waals surface area contributed by atoms with E-state index in [4.69, 9.17) is 22.7 Å². The molecular formula is C12H21N3O2S. The molecule has 2 saturated heterocycles. The van der Waals surface area contributed by atoms with Crippen LogP contribution in [0.15, 0.2) is 0 Å². The van der Waals surface area contributed by atoms with Crippen LogP contribution < -0.4 is 11.1 Å². The fourth-order valence-corrected chi connectivity index (χ4v) is 2.70. The largest absolute Gasteiger partial charge is 0.392 e. The molecule has 6 heteroatoms. The van der Waals surface area contributed by atoms with Gasteiger partial charge in [-0.2, -0.15) is 0 Å². The number of likely N-dealkylation sites (tertiary alicyclic amines) is 1. The third-order valence-corrected chi connectivity index (χ3v) is 3.74. The zero-order valence-electron chi connectivity index (χ0n) is 10.6. The zero-order valence-corrected chi connectivity index (χ0v) is 11.4. The average Bonchev–Trinajstić information content (AvgIpc) is 2.84. The van der Waals surface area contributed by atoms with E-state index >= 15 is 0 Å². The maximum Gasteiger partial charge on any atom is 0.225 e. The number of nitrogens with one attached hydrogen (secondary N) is 1. The monoisotopic (exact) mass is 271 g/mol. The van der Waals surface area contributed by atoms with Crippen LogP contribution in [0.5, 0.6) is 0 Å². The first-order valence-corrected chi connectivity index (χ1v) is 6.95. The lowest BCUT2D eigenvalue weighted by atomic mass is 10.0. The Bertz CT molecular complexity index is 310. The highest BCUT2D eigenvalue weighted by Gasteiger charge is 2.27. The molecule has 2 aliphatic heterocycles. The van der Waals surface area contributed by atoms with E-state index in [-0.39, 0.29) is 11.8 Å². The molecule has 2 rings (SSSR count). The van der Waals surface area contributed by atoms with E-state index in [1.807, 2.05) is 0 Å². The van der Waals surface area contributed by atoms with Crippen molar-refractivity contribution < 1.29 is 9.53 Å². The van der Waals surface area contributed by atoms with E-state index in [1.165, 1.54) is 0 Å². The first-order chi connectivity index (χ1) is 8.65. The number of ether oxygens (including phenoxy) is 1. The lowest BCUT2D eigenvalue weighted by Gasteiger charge is -2.32. The quantitative estimate of drug-likeness (QED) is 0.698. The Morgan fingerprint density at radius 1 is 1.39 bits per heavy atom. The van der Waals surface area contributed by atoms with Crippen molar-refractivity contribution in [2.75, 3.05) is 32.8 Å². The number of amides is 1. The van der Waals surface area contributed by atoms with Crippen molar-refractivity contribution in [3.63, 3.8) is 0 Å². The van der Waals surface area contributed by atoms with Gasteiger partial charge in [0.1, 0.15) is 0 Å². The molecule has 1 amide bonds. The molecule has 5 nitrogen and oxygen atoms in total. The Balaban J connectivity index is 1.69. The van der Waals surface area contributed by atoms with E-state index in [2.05, 4.69) is 10.2 Å². The lowest BCUT2D eigenvalue weighted by molar-refractivity contribution is -0.126. The number of hydrogen-bond donors (Lipinski definition) is 2. The number of nitrogens with zero attached hydrogens (tertiary/aromatic N) is 1. The zero-order chi connectivity index (χ0) is 13.0. The van der Waals surface area contributed by atoms with E-state index in [9.17, 15) is 4.79 Å². The first-order valence-electron chi connectivity index (χ1n) is 6.54. The summed E-state index contributed by atoms with van der Waals surface area (Å²) in [7, 11) is 0. The molecule has 0 saturated carbocycles. The van der Waals surface area contributed by atoms with Crippen LogP contribution >= 0.6 is 12.2 Å². The number of hydrogen-bond acceptors (Lipinski definition) is 4. The Morgan fingerprint density at radius 3 is 2.67 bits per heavy atom. The standard InChI is InChI=1S/C12H21N3O2S/c13-11(18)7-15-4-1-10(2-5-15)14-12(16)9-3-6-17-8-9/h9-10H,1-8H2,(H2,13,18)(H,14,16). The highest BCUT2D eigenvalue weighted by atomic mass is 32.1. The van der Waals surface area contributed by atoms with Crippen molar-refractivity contribution in [1.29, 1.82) is 0 Å². The maximum absolute atomic E-state index is 11.9. The molecule has 2 heterocycles. The number of nitrogens with two attached hydrogens (primary N) is 1. The van der Waals surface area contributed by atoms with Crippen LogP contribution in [0.4, 0.5) is 0 Å². The van der Waals surface area contributed by atoms with Crippen LogP contribution in [0.2, 0.25) is 0 Å². The second-order valence-electron chi connectivity index (χ2n) is 5.09. The van der Waals surface area contributed by atoms with Crippen molar-refractivity contribution >= 4 is 23.1 Å². The van der Waals surface area contributed by atoms with E-state index < -0.39 is 0 Å². The molecule has 3 N–H and O–H groups in total. The van der Waals surface area contributed by atoms with Crippen LogP contribution in [0.1, 0.15) is 19.3 Å². The molecule has 0 aliphatic carbocycles. The van der Waals surface area contributed by atoms with E-state index in [1.54, 1.807) is 0 Å². The van der Waals surface area contributed by atoms with Gasteiger partial charge in [0.2, 0.25) is 5.91 Å². The molecule has 0 radical (unpaired) electrons. The summed E-state index contributed by atoms with van der Waals surface area (Å²) in [4.78, 5) is 14.7. The second kappa shape index (κ2) is 6.45. The Kier molecular flexibility index (Phi) is 4.91. The Hall–Kier alpha value is -0.720. The highest BCUT2D eigenvalue weighted by molar-refractivity contribution is 7.80. The summed E-state index contributed by atoms with van der Waals surface area (Å²) < 4.78 is 5.23. The van der Waals surface area contributed by atoms with Gasteiger partial charge in [-0.1, -0.05) is 12.2 Å². The SMILES string of the molecule is NC(=S)CN1CCC(NC(=O)C2CCOC2)CC1. The molecule has 0 spiro atoms. The lowest BCUT2D eigenvalue weighted by Crippen LogP contribution is -2.47. The molecular weight excluding hydrogens is 250 g/mol. The normalized spacial score (nSPS) is 26.1. The minimum absolute atomic E-state index is 0.0552. The number of carbonyl (C=O) groups excluding carboxylic acids is 1. The molecule has 102 valence electrons. The Labute approximate surface area is 113 Å². The van der Waals surface area contributed by atoms with Gasteiger partial charge in [-0.3, -0.25) is 9.69 Å². The maximum atomic E-state index is 11.9. The third kappa shape index (κ3) is 3.90. The van der Waals surface area contributed by atoms with Gasteiger partial charge in [0, 0.05) is 32.3 Å². The molecule has 1 atom stereocenters. The number of rotatable bonds is 4. The van der Waals surface area contributed by atoms with Gasteiger partial charge in [-0.25, -0.2) is 0 Å². The fraction of sp³-hybridized carbons (Fsp3) is 0.833. The van der Waals surface area contributed by atoms with Gasteiger partial charge >= 0.3 is 0 Å². The summed E-state index contributed by atoms with van der Waals surface area (Å²) >= 11 is 4.90.